The molecule has 0 bridgehead atoms. The van der Waals surface area contributed by atoms with Gasteiger partial charge in [-0.25, -0.2) is 12.5 Å². The summed E-state index contributed by atoms with van der Waals surface area (Å²) >= 11 is 0. The Morgan fingerprint density at radius 1 is 0.800 bits per heavy atom. The highest BCUT2D eigenvalue weighted by atomic mass is 32.3. The Labute approximate surface area is 199 Å². The van der Waals surface area contributed by atoms with E-state index in [4.69, 9.17) is 32.4 Å². The molecule has 2 aliphatic heterocycles. The molecule has 2 heterocycles. The number of ether oxygens (including phenoxy) is 3. The second kappa shape index (κ2) is 11.4. The Kier molecular flexibility index (Phi) is 9.93. The van der Waals surface area contributed by atoms with Gasteiger partial charge in [-0.2, -0.15) is 38.4 Å². The quantitative estimate of drug-likeness (QED) is 0.123. The maximum Gasteiger partial charge on any atom is 0.397 e. The molecule has 6 N–H and O–H groups in total. The molecule has 0 spiro atoms. The summed E-state index contributed by atoms with van der Waals surface area (Å²) in [6.45, 7) is -2.10. The van der Waals surface area contributed by atoms with Crippen molar-refractivity contribution >= 4 is 41.5 Å². The molecule has 3 unspecified atom stereocenters. The van der Waals surface area contributed by atoms with Crippen LogP contribution in [-0.4, -0.2) is 120 Å². The molecular formula is C11H21NO19S4. The molecule has 208 valence electrons. The molecule has 0 amide bonds. The minimum Gasteiger partial charge on any atom is -0.387 e. The highest BCUT2D eigenvalue weighted by Crippen LogP contribution is 2.29. The molecule has 0 aromatic carbocycles. The van der Waals surface area contributed by atoms with Crippen molar-refractivity contribution in [1.29, 1.82) is 0 Å². The number of aliphatic hydroxyl groups is 1. The van der Waals surface area contributed by atoms with Crippen molar-refractivity contribution in [3.8, 4) is 0 Å². The van der Waals surface area contributed by atoms with Crippen LogP contribution in [0.1, 0.15) is 6.42 Å². The van der Waals surface area contributed by atoms with Crippen molar-refractivity contribution in [3.63, 3.8) is 0 Å². The van der Waals surface area contributed by atoms with Gasteiger partial charge >= 0.3 is 41.5 Å². The summed E-state index contributed by atoms with van der Waals surface area (Å²) in [6.07, 6.45) is -11.6. The molecule has 2 saturated heterocycles. The molecule has 35 heavy (non-hydrogen) atoms. The molecule has 0 radical (unpaired) electrons. The minimum atomic E-state index is -5.30. The Balaban J connectivity index is 2.34. The number of hydrogen-bond donors (Lipinski definition) is 6. The average Bonchev–Trinajstić information content (AvgIpc) is 2.62. The van der Waals surface area contributed by atoms with Gasteiger partial charge in [-0.1, -0.05) is 0 Å². The fourth-order valence-corrected chi connectivity index (χ4v) is 5.05. The minimum absolute atomic E-state index is 0.527. The van der Waals surface area contributed by atoms with E-state index in [1.54, 1.807) is 0 Å². The van der Waals surface area contributed by atoms with Crippen molar-refractivity contribution in [2.75, 3.05) is 19.8 Å². The Bertz CT molecular complexity index is 1150. The number of rotatable bonds is 11. The SMILES string of the molecule is O=S(=O)(O)NC1[C@H](O[C@H]2COCC(OS(=O)(=O)O)[C@H]2O)OC(COS(=O)(=O)O)C[C@@H]1OS(=O)(=O)O. The van der Waals surface area contributed by atoms with Crippen LogP contribution < -0.4 is 4.72 Å². The summed E-state index contributed by atoms with van der Waals surface area (Å²) < 4.78 is 154. The number of aliphatic hydroxyl groups excluding tert-OH is 1. The van der Waals surface area contributed by atoms with Gasteiger partial charge in [0, 0.05) is 6.42 Å². The number of hydrogen-bond acceptors (Lipinski definition) is 15. The van der Waals surface area contributed by atoms with E-state index >= 15 is 0 Å². The standard InChI is InChI=1S/C11H21NO19S4/c13-10-7(3-26-4-8(10)31-35(23,24)25)29-11-9(12-32(14,15)16)6(30-34(20,21)22)1-5(28-11)2-27-33(17,18)19/h5-13H,1-4H2,(H,14,15,16)(H,17,18,19)(H,20,21,22)(H,23,24,25)/t5?,6-,7-,8?,9?,10-,11-/m0/s1. The van der Waals surface area contributed by atoms with Crippen LogP contribution in [-0.2, 0) is 68.3 Å². The zero-order valence-corrected chi connectivity index (χ0v) is 20.2. The molecule has 20 nitrogen and oxygen atoms in total. The summed E-state index contributed by atoms with van der Waals surface area (Å²) in [5.74, 6) is 0. The van der Waals surface area contributed by atoms with Crippen LogP contribution in [0.15, 0.2) is 0 Å². The van der Waals surface area contributed by atoms with E-state index in [-0.39, 0.29) is 0 Å². The second-order valence-corrected chi connectivity index (χ2v) is 11.4. The Hall–Kier alpha value is -0.680. The van der Waals surface area contributed by atoms with E-state index < -0.39 is 111 Å². The summed E-state index contributed by atoms with van der Waals surface area (Å²) in [6, 6.07) is -2.01. The Morgan fingerprint density at radius 2 is 1.34 bits per heavy atom. The van der Waals surface area contributed by atoms with Gasteiger partial charge in [-0.05, 0) is 0 Å². The van der Waals surface area contributed by atoms with E-state index in [1.807, 2.05) is 0 Å². The van der Waals surface area contributed by atoms with Gasteiger partial charge in [0.1, 0.15) is 30.5 Å². The summed E-state index contributed by atoms with van der Waals surface area (Å²) in [4.78, 5) is 0. The van der Waals surface area contributed by atoms with E-state index in [1.165, 1.54) is 4.72 Å². The fraction of sp³-hybridized carbons (Fsp3) is 1.00. The molecule has 2 rings (SSSR count). The maximum atomic E-state index is 11.4. The van der Waals surface area contributed by atoms with E-state index in [0.717, 1.165) is 0 Å². The maximum absolute atomic E-state index is 11.4. The smallest absolute Gasteiger partial charge is 0.387 e. The lowest BCUT2D eigenvalue weighted by atomic mass is 10.0. The normalized spacial score (nSPS) is 33.5. The first-order chi connectivity index (χ1) is 15.7. The molecule has 0 aromatic heterocycles. The molecule has 0 saturated carbocycles. The summed E-state index contributed by atoms with van der Waals surface area (Å²) in [5.41, 5.74) is 0. The van der Waals surface area contributed by atoms with E-state index in [2.05, 4.69) is 12.5 Å². The molecule has 0 aliphatic carbocycles. The van der Waals surface area contributed by atoms with Gasteiger partial charge in [0.05, 0.1) is 25.9 Å². The predicted octanol–water partition coefficient (Wildman–Crippen LogP) is -4.17. The van der Waals surface area contributed by atoms with Gasteiger partial charge in [-0.15, -0.1) is 0 Å². The average molecular weight is 600 g/mol. The van der Waals surface area contributed by atoms with E-state index in [9.17, 15) is 38.8 Å². The van der Waals surface area contributed by atoms with Crippen LogP contribution in [0, 0.1) is 0 Å². The van der Waals surface area contributed by atoms with Crippen molar-refractivity contribution in [2.24, 2.45) is 0 Å². The van der Waals surface area contributed by atoms with Gasteiger partial charge in [0.15, 0.2) is 6.29 Å². The monoisotopic (exact) mass is 599 g/mol. The van der Waals surface area contributed by atoms with Crippen LogP contribution in [0.25, 0.3) is 0 Å². The van der Waals surface area contributed by atoms with Gasteiger partial charge in [0.2, 0.25) is 0 Å². The molecule has 7 atom stereocenters. The third kappa shape index (κ3) is 11.1. The second-order valence-electron chi connectivity index (χ2n) is 7.02. The summed E-state index contributed by atoms with van der Waals surface area (Å²) in [5, 5.41) is 10.3. The lowest BCUT2D eigenvalue weighted by Crippen LogP contribution is -2.62. The van der Waals surface area contributed by atoms with Gasteiger partial charge in [0.25, 0.3) is 0 Å². The third-order valence-electron chi connectivity index (χ3n) is 4.33. The van der Waals surface area contributed by atoms with Crippen LogP contribution in [0.5, 0.6) is 0 Å². The first-order valence-corrected chi connectivity index (χ1v) is 14.5. The predicted molar refractivity (Wildman–Crippen MR) is 104 cm³/mol. The molecule has 0 aromatic rings. The topological polar surface area (TPSA) is 305 Å². The third-order valence-corrected chi connectivity index (χ3v) is 6.31. The molecule has 2 aliphatic rings. The lowest BCUT2D eigenvalue weighted by Gasteiger charge is -2.43. The first kappa shape index (κ1) is 30.5. The van der Waals surface area contributed by atoms with Crippen molar-refractivity contribution < 1.29 is 83.7 Å². The van der Waals surface area contributed by atoms with Crippen LogP contribution >= 0.6 is 0 Å². The zero-order chi connectivity index (χ0) is 26.8. The van der Waals surface area contributed by atoms with E-state index in [0.29, 0.717) is 0 Å². The highest BCUT2D eigenvalue weighted by molar-refractivity contribution is 7.83. The zero-order valence-electron chi connectivity index (χ0n) is 17.0. The largest absolute Gasteiger partial charge is 0.397 e. The lowest BCUT2D eigenvalue weighted by molar-refractivity contribution is -0.278. The molecular weight excluding hydrogens is 578 g/mol. The molecule has 2 fully saturated rings. The first-order valence-electron chi connectivity index (χ1n) is 8.97. The van der Waals surface area contributed by atoms with Crippen LogP contribution in [0.4, 0.5) is 0 Å². The summed E-state index contributed by atoms with van der Waals surface area (Å²) in [7, 11) is -20.6. The van der Waals surface area contributed by atoms with Gasteiger partial charge < -0.3 is 19.3 Å². The van der Waals surface area contributed by atoms with Crippen molar-refractivity contribution in [2.45, 2.75) is 49.3 Å². The highest BCUT2D eigenvalue weighted by Gasteiger charge is 2.47. The number of nitrogens with one attached hydrogen (secondary N) is 1. The fourth-order valence-electron chi connectivity index (χ4n) is 3.13. The van der Waals surface area contributed by atoms with Crippen LogP contribution in [0.3, 0.4) is 0 Å². The van der Waals surface area contributed by atoms with Crippen LogP contribution in [0.2, 0.25) is 0 Å². The van der Waals surface area contributed by atoms with Crippen molar-refractivity contribution in [3.05, 3.63) is 0 Å². The molecule has 24 heteroatoms. The van der Waals surface area contributed by atoms with Crippen molar-refractivity contribution in [1.82, 2.24) is 4.72 Å². The Morgan fingerprint density at radius 3 is 1.86 bits per heavy atom. The van der Waals surface area contributed by atoms with Gasteiger partial charge in [-0.3, -0.25) is 18.2 Å².